The standard InChI is InChI=1S/C33H46N8O3S/c1-5-6-20-34-31-38-32(40-33(39-31)36-24-25-14-11-15-26(23-25)44-4)35-21-9-7-8-10-22-37-45(42,43)30-19-13-16-27-28(30)17-12-18-29(27)41(2)3/h11-19,23,37H,5-10,20-22,24H2,1-4H3,(H3,34,35,36,38,39,40). The van der Waals surface area contributed by atoms with Gasteiger partial charge < -0.3 is 25.6 Å². The zero-order chi connectivity index (χ0) is 32.1. The van der Waals surface area contributed by atoms with Crippen molar-refractivity contribution < 1.29 is 13.2 Å². The summed E-state index contributed by atoms with van der Waals surface area (Å²) in [6.45, 7) is 4.57. The van der Waals surface area contributed by atoms with Gasteiger partial charge in [-0.05, 0) is 49.1 Å². The molecule has 3 aromatic carbocycles. The number of benzene rings is 3. The number of ether oxygens (including phenoxy) is 1. The smallest absolute Gasteiger partial charge is 0.241 e. The van der Waals surface area contributed by atoms with Crippen molar-refractivity contribution in [1.82, 2.24) is 19.7 Å². The third-order valence-corrected chi connectivity index (χ3v) is 8.86. The van der Waals surface area contributed by atoms with Crippen molar-refractivity contribution in [3.63, 3.8) is 0 Å². The summed E-state index contributed by atoms with van der Waals surface area (Å²) in [7, 11) is 1.94. The highest BCUT2D eigenvalue weighted by Gasteiger charge is 2.18. The third kappa shape index (κ3) is 9.92. The molecule has 0 fully saturated rings. The minimum absolute atomic E-state index is 0.311. The molecule has 0 radical (unpaired) electrons. The van der Waals surface area contributed by atoms with Crippen LogP contribution < -0.4 is 30.3 Å². The first-order chi connectivity index (χ1) is 21.8. The van der Waals surface area contributed by atoms with Gasteiger partial charge in [0.15, 0.2) is 0 Å². The predicted octanol–water partition coefficient (Wildman–Crippen LogP) is 5.87. The first kappa shape index (κ1) is 33.7. The van der Waals surface area contributed by atoms with Crippen LogP contribution >= 0.6 is 0 Å². The highest BCUT2D eigenvalue weighted by atomic mass is 32.2. The molecule has 0 aliphatic rings. The number of hydrogen-bond donors (Lipinski definition) is 4. The van der Waals surface area contributed by atoms with E-state index in [0.717, 1.165) is 72.8 Å². The molecule has 1 heterocycles. The fourth-order valence-corrected chi connectivity index (χ4v) is 6.22. The van der Waals surface area contributed by atoms with Crippen molar-refractivity contribution in [2.45, 2.75) is 56.9 Å². The van der Waals surface area contributed by atoms with Crippen LogP contribution in [0, 0.1) is 0 Å². The van der Waals surface area contributed by atoms with Crippen LogP contribution in [0.15, 0.2) is 65.6 Å². The number of nitrogens with zero attached hydrogens (tertiary/aromatic N) is 4. The molecular weight excluding hydrogens is 588 g/mol. The van der Waals surface area contributed by atoms with Gasteiger partial charge in [-0.15, -0.1) is 0 Å². The van der Waals surface area contributed by atoms with Gasteiger partial charge in [0.1, 0.15) is 5.75 Å². The van der Waals surface area contributed by atoms with Crippen LogP contribution in [0.4, 0.5) is 23.5 Å². The number of rotatable bonds is 19. The van der Waals surface area contributed by atoms with Gasteiger partial charge in [-0.2, -0.15) is 15.0 Å². The maximum absolute atomic E-state index is 13.1. The number of anilines is 4. The van der Waals surface area contributed by atoms with E-state index in [9.17, 15) is 8.42 Å². The molecule has 0 aliphatic heterocycles. The van der Waals surface area contributed by atoms with E-state index in [-0.39, 0.29) is 0 Å². The van der Waals surface area contributed by atoms with Gasteiger partial charge in [0.25, 0.3) is 0 Å². The number of aromatic nitrogens is 3. The lowest BCUT2D eigenvalue weighted by Crippen LogP contribution is -2.25. The fraction of sp³-hybridized carbons (Fsp3) is 0.424. The minimum atomic E-state index is -3.63. The van der Waals surface area contributed by atoms with Crippen molar-refractivity contribution in [1.29, 1.82) is 0 Å². The second-order valence-electron chi connectivity index (χ2n) is 11.1. The molecule has 0 aliphatic carbocycles. The molecule has 4 N–H and O–H groups in total. The van der Waals surface area contributed by atoms with Crippen LogP contribution in [0.5, 0.6) is 5.75 Å². The Morgan fingerprint density at radius 1 is 0.733 bits per heavy atom. The van der Waals surface area contributed by atoms with E-state index in [0.29, 0.717) is 42.4 Å². The van der Waals surface area contributed by atoms with E-state index in [1.165, 1.54) is 0 Å². The molecule has 242 valence electrons. The maximum atomic E-state index is 13.1. The summed E-state index contributed by atoms with van der Waals surface area (Å²) in [6, 6.07) is 19.0. The lowest BCUT2D eigenvalue weighted by molar-refractivity contribution is 0.414. The Morgan fingerprint density at radius 3 is 2.04 bits per heavy atom. The summed E-state index contributed by atoms with van der Waals surface area (Å²) >= 11 is 0. The van der Waals surface area contributed by atoms with Gasteiger partial charge in [-0.1, -0.05) is 62.6 Å². The molecule has 0 bridgehead atoms. The van der Waals surface area contributed by atoms with E-state index >= 15 is 0 Å². The van der Waals surface area contributed by atoms with Gasteiger partial charge in [0.2, 0.25) is 27.9 Å². The van der Waals surface area contributed by atoms with E-state index in [2.05, 4.69) is 42.5 Å². The monoisotopic (exact) mass is 634 g/mol. The number of hydrogen-bond acceptors (Lipinski definition) is 10. The number of sulfonamides is 1. The first-order valence-electron chi connectivity index (χ1n) is 15.6. The third-order valence-electron chi connectivity index (χ3n) is 7.34. The molecule has 1 aromatic heterocycles. The number of unbranched alkanes of at least 4 members (excludes halogenated alkanes) is 4. The second kappa shape index (κ2) is 16.8. The Kier molecular flexibility index (Phi) is 12.6. The van der Waals surface area contributed by atoms with Crippen molar-refractivity contribution >= 4 is 44.3 Å². The average molecular weight is 635 g/mol. The Labute approximate surface area is 267 Å². The van der Waals surface area contributed by atoms with Crippen LogP contribution in [0.25, 0.3) is 10.8 Å². The maximum Gasteiger partial charge on any atom is 0.241 e. The van der Waals surface area contributed by atoms with Crippen LogP contribution in [-0.4, -0.2) is 64.2 Å². The Bertz CT molecular complexity index is 1630. The SMILES string of the molecule is CCCCNc1nc(NCCCCCCNS(=O)(=O)c2cccc3c(N(C)C)cccc23)nc(NCc2cccc(OC)c2)n1. The first-order valence-corrected chi connectivity index (χ1v) is 17.1. The minimum Gasteiger partial charge on any atom is -0.497 e. The van der Waals surface area contributed by atoms with Crippen LogP contribution in [-0.2, 0) is 16.6 Å². The fourth-order valence-electron chi connectivity index (χ4n) is 4.93. The Balaban J connectivity index is 1.24. The summed E-state index contributed by atoms with van der Waals surface area (Å²) < 4.78 is 34.4. The lowest BCUT2D eigenvalue weighted by Gasteiger charge is -2.17. The number of nitrogens with one attached hydrogen (secondary N) is 4. The molecule has 4 rings (SSSR count). The molecule has 0 atom stereocenters. The van der Waals surface area contributed by atoms with Crippen molar-refractivity contribution in [3.05, 3.63) is 66.2 Å². The highest BCUT2D eigenvalue weighted by Crippen LogP contribution is 2.30. The molecule has 0 saturated carbocycles. The molecule has 12 heteroatoms. The van der Waals surface area contributed by atoms with Crippen molar-refractivity contribution in [2.75, 3.05) is 61.7 Å². The van der Waals surface area contributed by atoms with Gasteiger partial charge in [-0.25, -0.2) is 13.1 Å². The largest absolute Gasteiger partial charge is 0.497 e. The molecule has 0 unspecified atom stereocenters. The van der Waals surface area contributed by atoms with E-state index in [1.54, 1.807) is 19.2 Å². The quantitative estimate of drug-likeness (QED) is 0.0928. The normalized spacial score (nSPS) is 11.4. The summed E-state index contributed by atoms with van der Waals surface area (Å²) in [4.78, 5) is 15.9. The molecule has 0 saturated heterocycles. The second-order valence-corrected chi connectivity index (χ2v) is 12.8. The van der Waals surface area contributed by atoms with Gasteiger partial charge >= 0.3 is 0 Å². The molecular formula is C33H46N8O3S. The Morgan fingerprint density at radius 2 is 1.36 bits per heavy atom. The average Bonchev–Trinajstić information content (AvgIpc) is 3.04. The molecule has 0 spiro atoms. The number of methoxy groups -OCH3 is 1. The zero-order valence-corrected chi connectivity index (χ0v) is 27.6. The topological polar surface area (TPSA) is 133 Å². The summed E-state index contributed by atoms with van der Waals surface area (Å²) in [5.41, 5.74) is 2.04. The molecule has 0 amide bonds. The zero-order valence-electron chi connectivity index (χ0n) is 26.8. The van der Waals surface area contributed by atoms with Gasteiger partial charge in [0.05, 0.1) is 12.0 Å². The van der Waals surface area contributed by atoms with Gasteiger partial charge in [-0.3, -0.25) is 0 Å². The van der Waals surface area contributed by atoms with E-state index in [4.69, 9.17) is 4.74 Å². The van der Waals surface area contributed by atoms with Crippen molar-refractivity contribution in [3.8, 4) is 5.75 Å². The van der Waals surface area contributed by atoms with Gasteiger partial charge in [0, 0.05) is 56.7 Å². The lowest BCUT2D eigenvalue weighted by atomic mass is 10.1. The van der Waals surface area contributed by atoms with Crippen LogP contribution in [0.1, 0.15) is 51.0 Å². The molecule has 45 heavy (non-hydrogen) atoms. The van der Waals surface area contributed by atoms with Crippen LogP contribution in [0.2, 0.25) is 0 Å². The highest BCUT2D eigenvalue weighted by molar-refractivity contribution is 7.89. The summed E-state index contributed by atoms with van der Waals surface area (Å²) in [6.07, 6.45) is 5.60. The van der Waals surface area contributed by atoms with E-state index in [1.807, 2.05) is 67.5 Å². The van der Waals surface area contributed by atoms with Crippen molar-refractivity contribution in [2.24, 2.45) is 0 Å². The predicted molar refractivity (Wildman–Crippen MR) is 184 cm³/mol. The Hall–Kier alpha value is -4.16. The molecule has 11 nitrogen and oxygen atoms in total. The summed E-state index contributed by atoms with van der Waals surface area (Å²) in [5.74, 6) is 2.34. The summed E-state index contributed by atoms with van der Waals surface area (Å²) in [5, 5.41) is 11.5. The molecule has 4 aromatic rings. The number of fused-ring (bicyclic) bond motifs is 1. The van der Waals surface area contributed by atoms with Crippen LogP contribution in [0.3, 0.4) is 0 Å². The van der Waals surface area contributed by atoms with E-state index < -0.39 is 10.0 Å².